The number of anilines is 1. The van der Waals surface area contributed by atoms with Crippen LogP contribution in [-0.4, -0.2) is 18.3 Å². The highest BCUT2D eigenvalue weighted by Gasteiger charge is 2.49. The molecular weight excluding hydrogens is 374 g/mol. The molecule has 1 aromatic rings. The predicted octanol–water partition coefficient (Wildman–Crippen LogP) is 4.05. The highest BCUT2D eigenvalue weighted by Crippen LogP contribution is 2.29. The van der Waals surface area contributed by atoms with E-state index in [2.05, 4.69) is 31.9 Å². The fourth-order valence-electron chi connectivity index (χ4n) is 0.896. The number of alkyl halides is 4. The molecule has 94 valence electrons. The molecule has 0 unspecified atom stereocenters. The summed E-state index contributed by atoms with van der Waals surface area (Å²) in [7, 11) is 0. The van der Waals surface area contributed by atoms with Crippen LogP contribution in [0.1, 0.15) is 0 Å². The smallest absolute Gasteiger partial charge is 0.320 e. The van der Waals surface area contributed by atoms with E-state index in [0.717, 1.165) is 0 Å². The van der Waals surface area contributed by atoms with E-state index in [1.807, 2.05) is 0 Å². The van der Waals surface area contributed by atoms with Gasteiger partial charge < -0.3 is 5.32 Å². The van der Waals surface area contributed by atoms with Gasteiger partial charge in [-0.15, -0.1) is 0 Å². The van der Waals surface area contributed by atoms with Crippen molar-refractivity contribution in [2.24, 2.45) is 0 Å². The molecule has 0 spiro atoms. The first-order valence-corrected chi connectivity index (χ1v) is 5.76. The third-order valence-corrected chi connectivity index (χ3v) is 2.91. The molecule has 0 radical (unpaired) electrons. The van der Waals surface area contributed by atoms with Gasteiger partial charge in [-0.2, -0.15) is 8.78 Å². The maximum absolute atomic E-state index is 12.6. The second-order valence-electron chi connectivity index (χ2n) is 3.00. The van der Waals surface area contributed by atoms with Crippen molar-refractivity contribution < 1.29 is 22.4 Å². The highest BCUT2D eigenvalue weighted by molar-refractivity contribution is 9.11. The van der Waals surface area contributed by atoms with Crippen LogP contribution in [0.2, 0.25) is 0 Å². The van der Waals surface area contributed by atoms with Crippen molar-refractivity contribution in [3.63, 3.8) is 0 Å². The molecule has 0 fully saturated rings. The molecule has 0 aromatic heterocycles. The zero-order valence-corrected chi connectivity index (χ0v) is 11.2. The fourth-order valence-corrected chi connectivity index (χ4v) is 2.04. The number of nitrogens with one attached hydrogen (secondary N) is 1. The number of halogens is 6. The number of hydrogen-bond donors (Lipinski definition) is 1. The van der Waals surface area contributed by atoms with Gasteiger partial charge in [-0.25, -0.2) is 8.78 Å². The summed E-state index contributed by atoms with van der Waals surface area (Å²) in [5.74, 6) is -6.76. The number of benzene rings is 1. The molecule has 0 aliphatic rings. The van der Waals surface area contributed by atoms with Crippen LogP contribution in [0.3, 0.4) is 0 Å². The van der Waals surface area contributed by atoms with Gasteiger partial charge in [0.05, 0.1) is 5.69 Å². The molecule has 0 aliphatic carbocycles. The van der Waals surface area contributed by atoms with Crippen LogP contribution in [0.25, 0.3) is 0 Å². The summed E-state index contributed by atoms with van der Waals surface area (Å²) in [5.41, 5.74) is -0.0153. The quantitative estimate of drug-likeness (QED) is 0.790. The highest BCUT2D eigenvalue weighted by atomic mass is 79.9. The largest absolute Gasteiger partial charge is 0.383 e. The third kappa shape index (κ3) is 3.41. The van der Waals surface area contributed by atoms with Crippen molar-refractivity contribution in [3.05, 3.63) is 27.1 Å². The Bertz CT molecular complexity index is 439. The maximum atomic E-state index is 12.6. The molecule has 8 heteroatoms. The van der Waals surface area contributed by atoms with E-state index in [4.69, 9.17) is 0 Å². The zero-order valence-electron chi connectivity index (χ0n) is 7.99. The van der Waals surface area contributed by atoms with E-state index in [0.29, 0.717) is 8.95 Å². The molecule has 2 nitrogen and oxygen atoms in total. The van der Waals surface area contributed by atoms with E-state index in [1.54, 1.807) is 5.32 Å². The van der Waals surface area contributed by atoms with Crippen molar-refractivity contribution in [1.29, 1.82) is 0 Å². The number of hydrogen-bond acceptors (Lipinski definition) is 1. The minimum Gasteiger partial charge on any atom is -0.320 e. The molecule has 0 bridgehead atoms. The molecule has 1 amide bonds. The molecular formula is C9H5Br2F4NO. The molecule has 0 saturated carbocycles. The Labute approximate surface area is 111 Å². The van der Waals surface area contributed by atoms with E-state index in [-0.39, 0.29) is 5.69 Å². The van der Waals surface area contributed by atoms with Crippen molar-refractivity contribution in [2.45, 2.75) is 12.3 Å². The normalized spacial score (nSPS) is 11.7. The van der Waals surface area contributed by atoms with E-state index >= 15 is 0 Å². The van der Waals surface area contributed by atoms with E-state index in [1.165, 1.54) is 18.2 Å². The average Bonchev–Trinajstić information content (AvgIpc) is 2.21. The van der Waals surface area contributed by atoms with Crippen molar-refractivity contribution in [1.82, 2.24) is 0 Å². The third-order valence-electron chi connectivity index (χ3n) is 1.76. The summed E-state index contributed by atoms with van der Waals surface area (Å²) in [5, 5.41) is 1.72. The van der Waals surface area contributed by atoms with Gasteiger partial charge in [-0.1, -0.05) is 15.9 Å². The number of carbonyl (C=O) groups excluding carboxylic acids is 1. The fraction of sp³-hybridized carbons (Fsp3) is 0.222. The lowest BCUT2D eigenvalue weighted by atomic mass is 10.3. The SMILES string of the molecule is O=C(Nc1ccc(Br)cc1Br)C(F)(F)C(F)F. The molecule has 0 heterocycles. The van der Waals surface area contributed by atoms with Crippen LogP contribution in [0.4, 0.5) is 23.2 Å². The lowest BCUT2D eigenvalue weighted by molar-refractivity contribution is -0.163. The number of carbonyl (C=O) groups is 1. The summed E-state index contributed by atoms with van der Waals surface area (Å²) in [6.07, 6.45) is -4.04. The van der Waals surface area contributed by atoms with Gasteiger partial charge >= 0.3 is 18.3 Å². The predicted molar refractivity (Wildman–Crippen MR) is 61.4 cm³/mol. The molecule has 1 N–H and O–H groups in total. The first-order chi connectivity index (χ1) is 7.75. The summed E-state index contributed by atoms with van der Waals surface area (Å²) < 4.78 is 50.0. The summed E-state index contributed by atoms with van der Waals surface area (Å²) in [4.78, 5) is 10.9. The Hall–Kier alpha value is -0.630. The minimum atomic E-state index is -4.72. The first kappa shape index (κ1) is 14.4. The van der Waals surface area contributed by atoms with Gasteiger partial charge in [0.1, 0.15) is 0 Å². The maximum Gasteiger partial charge on any atom is 0.383 e. The van der Waals surface area contributed by atoms with Crippen LogP contribution in [-0.2, 0) is 4.79 Å². The Morgan fingerprint density at radius 1 is 1.29 bits per heavy atom. The average molecular weight is 379 g/mol. The van der Waals surface area contributed by atoms with Gasteiger partial charge in [0, 0.05) is 8.95 Å². The molecule has 0 saturated heterocycles. The minimum absolute atomic E-state index is 0.0153. The molecule has 17 heavy (non-hydrogen) atoms. The van der Waals surface area contributed by atoms with Crippen LogP contribution in [0.15, 0.2) is 27.1 Å². The molecule has 0 atom stereocenters. The van der Waals surface area contributed by atoms with Crippen LogP contribution in [0.5, 0.6) is 0 Å². The second-order valence-corrected chi connectivity index (χ2v) is 4.77. The van der Waals surface area contributed by atoms with Crippen molar-refractivity contribution >= 4 is 43.5 Å². The molecule has 1 aromatic carbocycles. The van der Waals surface area contributed by atoms with Gasteiger partial charge in [0.2, 0.25) is 0 Å². The Morgan fingerprint density at radius 2 is 1.88 bits per heavy atom. The topological polar surface area (TPSA) is 29.1 Å². The lowest BCUT2D eigenvalue weighted by Crippen LogP contribution is -2.41. The monoisotopic (exact) mass is 377 g/mol. The van der Waals surface area contributed by atoms with Crippen LogP contribution in [0, 0.1) is 0 Å². The summed E-state index contributed by atoms with van der Waals surface area (Å²) in [6, 6.07) is 4.25. The van der Waals surface area contributed by atoms with Gasteiger partial charge in [-0.05, 0) is 34.1 Å². The van der Waals surface area contributed by atoms with E-state index in [9.17, 15) is 22.4 Å². The number of amides is 1. The Balaban J connectivity index is 2.89. The summed E-state index contributed by atoms with van der Waals surface area (Å²) >= 11 is 6.12. The summed E-state index contributed by atoms with van der Waals surface area (Å²) in [6.45, 7) is 0. The Morgan fingerprint density at radius 3 is 2.35 bits per heavy atom. The molecule has 0 aliphatic heterocycles. The van der Waals surface area contributed by atoms with E-state index < -0.39 is 18.3 Å². The lowest BCUT2D eigenvalue weighted by Gasteiger charge is -2.15. The van der Waals surface area contributed by atoms with Crippen molar-refractivity contribution in [2.75, 3.05) is 5.32 Å². The van der Waals surface area contributed by atoms with Gasteiger partial charge in [0.25, 0.3) is 0 Å². The van der Waals surface area contributed by atoms with Gasteiger partial charge in [-0.3, -0.25) is 4.79 Å². The van der Waals surface area contributed by atoms with Crippen LogP contribution >= 0.6 is 31.9 Å². The van der Waals surface area contributed by atoms with Crippen LogP contribution < -0.4 is 5.32 Å². The second kappa shape index (κ2) is 5.34. The Kier molecular flexibility index (Phi) is 4.54. The molecule has 1 rings (SSSR count). The first-order valence-electron chi connectivity index (χ1n) is 4.17. The standard InChI is InChI=1S/C9H5Br2F4NO/c10-4-1-2-6(5(11)3-4)16-8(17)9(14,15)7(12)13/h1-3,7H,(H,16,17). The zero-order chi connectivity index (χ0) is 13.2. The number of rotatable bonds is 3. The van der Waals surface area contributed by atoms with Gasteiger partial charge in [0.15, 0.2) is 0 Å². The van der Waals surface area contributed by atoms with Crippen molar-refractivity contribution in [3.8, 4) is 0 Å².